The first-order valence-corrected chi connectivity index (χ1v) is 7.04. The summed E-state index contributed by atoms with van der Waals surface area (Å²) in [5.74, 6) is -0.112. The lowest BCUT2D eigenvalue weighted by atomic mass is 10.1. The van der Waals surface area contributed by atoms with E-state index in [1.165, 1.54) is 0 Å². The molecule has 2 rings (SSSR count). The Morgan fingerprint density at radius 3 is 2.84 bits per heavy atom. The number of anilines is 1. The van der Waals surface area contributed by atoms with Gasteiger partial charge in [-0.25, -0.2) is 4.39 Å². The maximum atomic E-state index is 14.0. The molecule has 0 radical (unpaired) electrons. The van der Waals surface area contributed by atoms with Gasteiger partial charge in [-0.3, -0.25) is 4.90 Å². The molecule has 1 N–H and O–H groups in total. The summed E-state index contributed by atoms with van der Waals surface area (Å²) in [6.45, 7) is 5.77. The smallest absolute Gasteiger partial charge is 0.129 e. The minimum atomic E-state index is -0.112. The molecule has 0 bridgehead atoms. The highest BCUT2D eigenvalue weighted by Crippen LogP contribution is 2.26. The van der Waals surface area contributed by atoms with E-state index in [0.29, 0.717) is 12.6 Å². The van der Waals surface area contributed by atoms with Gasteiger partial charge >= 0.3 is 0 Å². The van der Waals surface area contributed by atoms with Crippen molar-refractivity contribution in [2.45, 2.75) is 25.9 Å². The molecule has 1 fully saturated rings. The van der Waals surface area contributed by atoms with Crippen molar-refractivity contribution in [2.75, 3.05) is 38.6 Å². The highest BCUT2D eigenvalue weighted by Gasteiger charge is 2.24. The molecule has 0 saturated carbocycles. The molecule has 19 heavy (non-hydrogen) atoms. The molecule has 1 heterocycles. The zero-order valence-corrected chi connectivity index (χ0v) is 12.1. The highest BCUT2D eigenvalue weighted by atomic mass is 19.1. The molecule has 1 aromatic rings. The van der Waals surface area contributed by atoms with Crippen LogP contribution in [0.3, 0.4) is 0 Å². The molecule has 0 aromatic heterocycles. The number of piperazine rings is 1. The Labute approximate surface area is 115 Å². The Balaban J connectivity index is 2.24. The van der Waals surface area contributed by atoms with E-state index in [2.05, 4.69) is 29.1 Å². The molecule has 1 saturated heterocycles. The quantitative estimate of drug-likeness (QED) is 0.899. The van der Waals surface area contributed by atoms with Gasteiger partial charge in [-0.1, -0.05) is 13.0 Å². The molecule has 0 spiro atoms. The summed E-state index contributed by atoms with van der Waals surface area (Å²) in [5.41, 5.74) is 1.82. The largest absolute Gasteiger partial charge is 0.368 e. The van der Waals surface area contributed by atoms with E-state index in [-0.39, 0.29) is 5.82 Å². The zero-order valence-electron chi connectivity index (χ0n) is 12.1. The number of nitrogens with zero attached hydrogens (tertiary/aromatic N) is 2. The van der Waals surface area contributed by atoms with Crippen LogP contribution in [0.4, 0.5) is 10.1 Å². The summed E-state index contributed by atoms with van der Waals surface area (Å²) in [4.78, 5) is 4.72. The Morgan fingerprint density at radius 1 is 1.37 bits per heavy atom. The van der Waals surface area contributed by atoms with Crippen LogP contribution in [0.5, 0.6) is 0 Å². The molecular formula is C15H24FN3. The minimum absolute atomic E-state index is 0.112. The van der Waals surface area contributed by atoms with Crippen molar-refractivity contribution in [2.24, 2.45) is 0 Å². The Hall–Kier alpha value is -1.13. The van der Waals surface area contributed by atoms with Crippen LogP contribution in [0.2, 0.25) is 0 Å². The van der Waals surface area contributed by atoms with Crippen LogP contribution in [0.25, 0.3) is 0 Å². The van der Waals surface area contributed by atoms with E-state index in [4.69, 9.17) is 0 Å². The summed E-state index contributed by atoms with van der Waals surface area (Å²) >= 11 is 0. The third-order valence-electron chi connectivity index (χ3n) is 4.04. The predicted molar refractivity (Wildman–Crippen MR) is 78.1 cm³/mol. The van der Waals surface area contributed by atoms with Crippen molar-refractivity contribution in [3.05, 3.63) is 29.6 Å². The SMILES string of the molecule is CCC1CN(c2cccc(F)c2CNC)CCN1C. The first kappa shape index (κ1) is 14.3. The van der Waals surface area contributed by atoms with Gasteiger partial charge in [0.25, 0.3) is 0 Å². The average molecular weight is 265 g/mol. The van der Waals surface area contributed by atoms with Gasteiger partial charge in [0.05, 0.1) is 0 Å². The van der Waals surface area contributed by atoms with Gasteiger partial charge in [0, 0.05) is 43.5 Å². The zero-order chi connectivity index (χ0) is 13.8. The molecule has 1 aliphatic heterocycles. The lowest BCUT2D eigenvalue weighted by Crippen LogP contribution is -2.51. The third-order valence-corrected chi connectivity index (χ3v) is 4.04. The van der Waals surface area contributed by atoms with Crippen LogP contribution in [0.15, 0.2) is 18.2 Å². The van der Waals surface area contributed by atoms with Crippen molar-refractivity contribution in [3.63, 3.8) is 0 Å². The second-order valence-corrected chi connectivity index (χ2v) is 5.26. The number of hydrogen-bond acceptors (Lipinski definition) is 3. The maximum absolute atomic E-state index is 14.0. The first-order chi connectivity index (χ1) is 9.17. The monoisotopic (exact) mass is 265 g/mol. The Bertz CT molecular complexity index is 422. The lowest BCUT2D eigenvalue weighted by molar-refractivity contribution is 0.213. The van der Waals surface area contributed by atoms with Gasteiger partial charge in [-0.2, -0.15) is 0 Å². The van der Waals surface area contributed by atoms with Crippen LogP contribution in [-0.2, 0) is 6.54 Å². The second kappa shape index (κ2) is 6.35. The van der Waals surface area contributed by atoms with Crippen molar-refractivity contribution >= 4 is 5.69 Å². The van der Waals surface area contributed by atoms with E-state index in [0.717, 1.165) is 37.3 Å². The van der Waals surface area contributed by atoms with Gasteiger partial charge in [0.1, 0.15) is 5.82 Å². The molecule has 1 atom stereocenters. The molecule has 1 unspecified atom stereocenters. The minimum Gasteiger partial charge on any atom is -0.368 e. The molecule has 4 heteroatoms. The third kappa shape index (κ3) is 3.07. The average Bonchev–Trinajstić information content (AvgIpc) is 2.42. The second-order valence-electron chi connectivity index (χ2n) is 5.26. The Kier molecular flexibility index (Phi) is 4.77. The molecule has 0 amide bonds. The van der Waals surface area contributed by atoms with Gasteiger partial charge < -0.3 is 10.2 Å². The predicted octanol–water partition coefficient (Wildman–Crippen LogP) is 2.08. The number of rotatable bonds is 4. The van der Waals surface area contributed by atoms with Crippen LogP contribution >= 0.6 is 0 Å². The molecular weight excluding hydrogens is 241 g/mol. The standard InChI is InChI=1S/C15H24FN3/c1-4-12-11-19(9-8-18(12)3)15-7-5-6-14(16)13(15)10-17-2/h5-7,12,17H,4,8-11H2,1-3H3. The summed E-state index contributed by atoms with van der Waals surface area (Å²) in [6.07, 6.45) is 1.13. The molecule has 3 nitrogen and oxygen atoms in total. The van der Waals surface area contributed by atoms with Gasteiger partial charge in [0.2, 0.25) is 0 Å². The highest BCUT2D eigenvalue weighted by molar-refractivity contribution is 5.54. The van der Waals surface area contributed by atoms with Crippen molar-refractivity contribution in [1.82, 2.24) is 10.2 Å². The number of likely N-dealkylation sites (N-methyl/N-ethyl adjacent to an activating group) is 1. The topological polar surface area (TPSA) is 18.5 Å². The fraction of sp³-hybridized carbons (Fsp3) is 0.600. The fourth-order valence-corrected chi connectivity index (χ4v) is 2.80. The first-order valence-electron chi connectivity index (χ1n) is 7.04. The number of hydrogen-bond donors (Lipinski definition) is 1. The van der Waals surface area contributed by atoms with E-state index in [9.17, 15) is 4.39 Å². The normalized spacial score (nSPS) is 20.8. The van der Waals surface area contributed by atoms with E-state index >= 15 is 0 Å². The molecule has 0 aliphatic carbocycles. The van der Waals surface area contributed by atoms with Gasteiger partial charge in [-0.05, 0) is 32.6 Å². The van der Waals surface area contributed by atoms with Gasteiger partial charge in [0.15, 0.2) is 0 Å². The van der Waals surface area contributed by atoms with Crippen molar-refractivity contribution < 1.29 is 4.39 Å². The van der Waals surface area contributed by atoms with Crippen molar-refractivity contribution in [3.8, 4) is 0 Å². The van der Waals surface area contributed by atoms with Crippen molar-refractivity contribution in [1.29, 1.82) is 0 Å². The summed E-state index contributed by atoms with van der Waals surface area (Å²) in [6, 6.07) is 5.94. The molecule has 106 valence electrons. The van der Waals surface area contributed by atoms with Crippen LogP contribution in [-0.4, -0.2) is 44.7 Å². The van der Waals surface area contributed by atoms with Crippen LogP contribution in [0.1, 0.15) is 18.9 Å². The summed E-state index contributed by atoms with van der Waals surface area (Å²) in [7, 11) is 4.03. The lowest BCUT2D eigenvalue weighted by Gasteiger charge is -2.41. The molecule has 1 aromatic carbocycles. The van der Waals surface area contributed by atoms with Crippen LogP contribution < -0.4 is 10.2 Å². The van der Waals surface area contributed by atoms with E-state index in [1.54, 1.807) is 6.07 Å². The van der Waals surface area contributed by atoms with E-state index < -0.39 is 0 Å². The summed E-state index contributed by atoms with van der Waals surface area (Å²) in [5, 5.41) is 3.06. The number of nitrogens with one attached hydrogen (secondary N) is 1. The van der Waals surface area contributed by atoms with Gasteiger partial charge in [-0.15, -0.1) is 0 Å². The number of benzene rings is 1. The Morgan fingerprint density at radius 2 is 2.16 bits per heavy atom. The number of halogens is 1. The fourth-order valence-electron chi connectivity index (χ4n) is 2.80. The van der Waals surface area contributed by atoms with Crippen LogP contribution in [0, 0.1) is 5.82 Å². The molecule has 1 aliphatic rings. The maximum Gasteiger partial charge on any atom is 0.129 e. The summed E-state index contributed by atoms with van der Waals surface area (Å²) < 4.78 is 14.0. The van der Waals surface area contributed by atoms with E-state index in [1.807, 2.05) is 19.2 Å².